The molecular formula is C16H16N2O2S. The minimum atomic E-state index is -3.40. The SMILES string of the molecule is O=S(=O)(C=Cc1cccnc1)N1CCc2ccccc2C1. The Hall–Kier alpha value is -1.98. The van der Waals surface area contributed by atoms with Crippen LogP contribution in [0, 0.1) is 0 Å². The largest absolute Gasteiger partial charge is 0.264 e. The maximum atomic E-state index is 12.4. The van der Waals surface area contributed by atoms with Gasteiger partial charge in [-0.3, -0.25) is 4.98 Å². The highest BCUT2D eigenvalue weighted by Crippen LogP contribution is 2.21. The van der Waals surface area contributed by atoms with Gasteiger partial charge in [0.15, 0.2) is 0 Å². The summed E-state index contributed by atoms with van der Waals surface area (Å²) < 4.78 is 26.3. The molecular weight excluding hydrogens is 284 g/mol. The molecule has 21 heavy (non-hydrogen) atoms. The molecule has 0 aliphatic carbocycles. The van der Waals surface area contributed by atoms with Crippen LogP contribution < -0.4 is 0 Å². The second-order valence-electron chi connectivity index (χ2n) is 4.99. The number of aromatic nitrogens is 1. The van der Waals surface area contributed by atoms with E-state index >= 15 is 0 Å². The fourth-order valence-corrected chi connectivity index (χ4v) is 3.58. The van der Waals surface area contributed by atoms with Gasteiger partial charge in [0.1, 0.15) is 0 Å². The van der Waals surface area contributed by atoms with E-state index in [0.717, 1.165) is 17.5 Å². The van der Waals surface area contributed by atoms with E-state index < -0.39 is 10.0 Å². The van der Waals surface area contributed by atoms with Gasteiger partial charge in [0.2, 0.25) is 10.0 Å². The van der Waals surface area contributed by atoms with Crippen LogP contribution in [-0.4, -0.2) is 24.3 Å². The third kappa shape index (κ3) is 3.20. The molecule has 0 spiro atoms. The summed E-state index contributed by atoms with van der Waals surface area (Å²) in [6, 6.07) is 11.6. The molecule has 1 aliphatic heterocycles. The second-order valence-corrected chi connectivity index (χ2v) is 6.80. The van der Waals surface area contributed by atoms with E-state index in [1.165, 1.54) is 15.3 Å². The number of benzene rings is 1. The van der Waals surface area contributed by atoms with Gasteiger partial charge < -0.3 is 0 Å². The normalized spacial score (nSPS) is 16.0. The van der Waals surface area contributed by atoms with E-state index in [1.54, 1.807) is 24.5 Å². The molecule has 0 fully saturated rings. The van der Waals surface area contributed by atoms with E-state index in [-0.39, 0.29) is 0 Å². The average Bonchev–Trinajstić information content (AvgIpc) is 2.53. The number of pyridine rings is 1. The molecule has 0 bridgehead atoms. The summed E-state index contributed by atoms with van der Waals surface area (Å²) in [7, 11) is -3.40. The number of sulfonamides is 1. The van der Waals surface area contributed by atoms with Crippen LogP contribution >= 0.6 is 0 Å². The lowest BCUT2D eigenvalue weighted by Gasteiger charge is -2.26. The Balaban J connectivity index is 1.79. The van der Waals surface area contributed by atoms with Gasteiger partial charge >= 0.3 is 0 Å². The molecule has 3 rings (SSSR count). The summed E-state index contributed by atoms with van der Waals surface area (Å²) in [5.41, 5.74) is 3.10. The van der Waals surface area contributed by atoms with E-state index in [2.05, 4.69) is 11.1 Å². The Morgan fingerprint density at radius 1 is 1.10 bits per heavy atom. The van der Waals surface area contributed by atoms with Crippen LogP contribution in [0.3, 0.4) is 0 Å². The monoisotopic (exact) mass is 300 g/mol. The lowest BCUT2D eigenvalue weighted by molar-refractivity contribution is 0.397. The van der Waals surface area contributed by atoms with Crippen molar-refractivity contribution in [2.24, 2.45) is 0 Å². The van der Waals surface area contributed by atoms with Gasteiger partial charge in [0.05, 0.1) is 0 Å². The van der Waals surface area contributed by atoms with Crippen molar-refractivity contribution in [1.82, 2.24) is 9.29 Å². The predicted molar refractivity (Wildman–Crippen MR) is 82.7 cm³/mol. The second kappa shape index (κ2) is 5.79. The van der Waals surface area contributed by atoms with Crippen molar-refractivity contribution in [2.45, 2.75) is 13.0 Å². The highest BCUT2D eigenvalue weighted by molar-refractivity contribution is 7.92. The Morgan fingerprint density at radius 3 is 2.67 bits per heavy atom. The van der Waals surface area contributed by atoms with Crippen molar-refractivity contribution < 1.29 is 8.42 Å². The van der Waals surface area contributed by atoms with Crippen molar-refractivity contribution in [1.29, 1.82) is 0 Å². The summed E-state index contributed by atoms with van der Waals surface area (Å²) in [4.78, 5) is 3.97. The van der Waals surface area contributed by atoms with Crippen LogP contribution in [-0.2, 0) is 23.0 Å². The van der Waals surface area contributed by atoms with E-state index in [9.17, 15) is 8.42 Å². The molecule has 1 aliphatic rings. The van der Waals surface area contributed by atoms with E-state index in [0.29, 0.717) is 13.1 Å². The third-order valence-corrected chi connectivity index (χ3v) is 5.08. The van der Waals surface area contributed by atoms with Crippen molar-refractivity contribution >= 4 is 16.1 Å². The van der Waals surface area contributed by atoms with Crippen LogP contribution in [0.2, 0.25) is 0 Å². The minimum Gasteiger partial charge on any atom is -0.264 e. The van der Waals surface area contributed by atoms with Crippen molar-refractivity contribution in [2.75, 3.05) is 6.54 Å². The summed E-state index contributed by atoms with van der Waals surface area (Å²) >= 11 is 0. The fourth-order valence-electron chi connectivity index (χ4n) is 2.41. The lowest BCUT2D eigenvalue weighted by atomic mass is 10.0. The van der Waals surface area contributed by atoms with Crippen LogP contribution in [0.25, 0.3) is 6.08 Å². The number of fused-ring (bicyclic) bond motifs is 1. The molecule has 0 unspecified atom stereocenters. The molecule has 4 nitrogen and oxygen atoms in total. The highest BCUT2D eigenvalue weighted by atomic mass is 32.2. The molecule has 5 heteroatoms. The Kier molecular flexibility index (Phi) is 3.86. The maximum Gasteiger partial charge on any atom is 0.236 e. The van der Waals surface area contributed by atoms with Crippen LogP contribution in [0.1, 0.15) is 16.7 Å². The van der Waals surface area contributed by atoms with Crippen LogP contribution in [0.15, 0.2) is 54.2 Å². The third-order valence-electron chi connectivity index (χ3n) is 3.57. The van der Waals surface area contributed by atoms with Gasteiger partial charge in [-0.05, 0) is 35.3 Å². The molecule has 1 aromatic heterocycles. The summed E-state index contributed by atoms with van der Waals surface area (Å²) in [5.74, 6) is 0. The van der Waals surface area contributed by atoms with Gasteiger partial charge in [0.25, 0.3) is 0 Å². The quantitative estimate of drug-likeness (QED) is 0.875. The highest BCUT2D eigenvalue weighted by Gasteiger charge is 2.24. The molecule has 108 valence electrons. The standard InChI is InChI=1S/C16H16N2O2S/c19-21(20,11-8-14-4-3-9-17-12-14)18-10-7-15-5-1-2-6-16(15)13-18/h1-6,8-9,11-12H,7,10,13H2. The number of nitrogens with zero attached hydrogens (tertiary/aromatic N) is 2. The zero-order chi connectivity index (χ0) is 14.7. The predicted octanol–water partition coefficient (Wildman–Crippen LogP) is 2.44. The van der Waals surface area contributed by atoms with Gasteiger partial charge in [-0.2, -0.15) is 4.31 Å². The molecule has 0 atom stereocenters. The van der Waals surface area contributed by atoms with E-state index in [1.807, 2.05) is 24.3 Å². The molecule has 0 saturated carbocycles. The van der Waals surface area contributed by atoms with Gasteiger partial charge in [-0.15, -0.1) is 0 Å². The molecule has 2 aromatic rings. The summed E-state index contributed by atoms with van der Waals surface area (Å²) in [6.45, 7) is 0.965. The first-order valence-electron chi connectivity index (χ1n) is 6.80. The smallest absolute Gasteiger partial charge is 0.236 e. The van der Waals surface area contributed by atoms with E-state index in [4.69, 9.17) is 0 Å². The Labute approximate surface area is 124 Å². The fraction of sp³-hybridized carbons (Fsp3) is 0.188. The number of rotatable bonds is 3. The van der Waals surface area contributed by atoms with Gasteiger partial charge in [-0.1, -0.05) is 30.3 Å². The minimum absolute atomic E-state index is 0.440. The Bertz CT molecular complexity index is 755. The Morgan fingerprint density at radius 2 is 1.90 bits per heavy atom. The topological polar surface area (TPSA) is 50.3 Å². The van der Waals surface area contributed by atoms with Crippen LogP contribution in [0.4, 0.5) is 0 Å². The van der Waals surface area contributed by atoms with Crippen molar-refractivity contribution in [3.8, 4) is 0 Å². The zero-order valence-electron chi connectivity index (χ0n) is 11.5. The molecule has 0 radical (unpaired) electrons. The zero-order valence-corrected chi connectivity index (χ0v) is 12.3. The first-order valence-corrected chi connectivity index (χ1v) is 8.30. The molecule has 0 N–H and O–H groups in total. The molecule has 2 heterocycles. The van der Waals surface area contributed by atoms with Gasteiger partial charge in [0, 0.05) is 30.9 Å². The van der Waals surface area contributed by atoms with Crippen molar-refractivity contribution in [3.05, 3.63) is 70.9 Å². The summed E-state index contributed by atoms with van der Waals surface area (Å²) in [5, 5.41) is 1.26. The summed E-state index contributed by atoms with van der Waals surface area (Å²) in [6.07, 6.45) is 5.64. The maximum absolute atomic E-state index is 12.4. The first-order chi connectivity index (χ1) is 10.1. The van der Waals surface area contributed by atoms with Crippen LogP contribution in [0.5, 0.6) is 0 Å². The van der Waals surface area contributed by atoms with Crippen molar-refractivity contribution in [3.63, 3.8) is 0 Å². The average molecular weight is 300 g/mol. The molecule has 0 saturated heterocycles. The molecule has 1 aromatic carbocycles. The number of hydrogen-bond donors (Lipinski definition) is 0. The van der Waals surface area contributed by atoms with Gasteiger partial charge in [-0.25, -0.2) is 8.42 Å². The molecule has 0 amide bonds. The number of hydrogen-bond acceptors (Lipinski definition) is 3. The first kappa shape index (κ1) is 14.0. The lowest BCUT2D eigenvalue weighted by Crippen LogP contribution is -2.34.